The van der Waals surface area contributed by atoms with Crippen molar-refractivity contribution >= 4 is 40.9 Å². The zero-order valence-corrected chi connectivity index (χ0v) is 15.0. The predicted molar refractivity (Wildman–Crippen MR) is 99.4 cm³/mol. The van der Waals surface area contributed by atoms with Gasteiger partial charge in [0.2, 0.25) is 5.91 Å². The van der Waals surface area contributed by atoms with Crippen LogP contribution >= 0.6 is 11.8 Å². The average molecular weight is 384 g/mol. The summed E-state index contributed by atoms with van der Waals surface area (Å²) in [5, 5.41) is 11.8. The third-order valence-corrected chi connectivity index (χ3v) is 5.93. The van der Waals surface area contributed by atoms with Gasteiger partial charge in [-0.05, 0) is 36.4 Å². The van der Waals surface area contributed by atoms with Crippen molar-refractivity contribution in [3.63, 3.8) is 0 Å². The predicted octanol–water partition coefficient (Wildman–Crippen LogP) is 2.50. The average Bonchev–Trinajstić information content (AvgIpc) is 3.17. The summed E-state index contributed by atoms with van der Waals surface area (Å²) in [5.41, 5.74) is 1.18. The fourth-order valence-electron chi connectivity index (χ4n) is 3.26. The van der Waals surface area contributed by atoms with Crippen LogP contribution in [0.2, 0.25) is 0 Å². The van der Waals surface area contributed by atoms with Crippen LogP contribution in [0.1, 0.15) is 12.8 Å². The third-order valence-electron chi connectivity index (χ3n) is 4.48. The number of esters is 1. The van der Waals surface area contributed by atoms with E-state index in [9.17, 15) is 19.5 Å². The Morgan fingerprint density at radius 3 is 2.70 bits per heavy atom. The maximum absolute atomic E-state index is 12.8. The van der Waals surface area contributed by atoms with E-state index >= 15 is 0 Å². The van der Waals surface area contributed by atoms with Crippen LogP contribution in [0.15, 0.2) is 53.4 Å². The maximum atomic E-state index is 12.8. The number of aromatic hydroxyl groups is 1. The highest BCUT2D eigenvalue weighted by Gasteiger charge is 2.58. The first-order valence-corrected chi connectivity index (χ1v) is 9.18. The highest BCUT2D eigenvalue weighted by atomic mass is 32.2. The standard InChI is InChI=1S/C19H16N2O5S/c22-13-7-5-12(6-8-13)20-16(23)11-26-18(25)19-10-9-17(24)21(19)14-3-1-2-4-15(14)27-19/h1-8,22H,9-11H2,(H,20,23)/t19-/m1/s1. The van der Waals surface area contributed by atoms with Crippen LogP contribution in [0.3, 0.4) is 0 Å². The quantitative estimate of drug-likeness (QED) is 0.621. The number of nitrogens with one attached hydrogen (secondary N) is 1. The molecule has 2 aliphatic rings. The fourth-order valence-corrected chi connectivity index (χ4v) is 4.67. The molecule has 1 saturated heterocycles. The van der Waals surface area contributed by atoms with Crippen molar-refractivity contribution in [3.8, 4) is 5.75 Å². The van der Waals surface area contributed by atoms with E-state index in [0.717, 1.165) is 4.90 Å². The molecule has 2 N–H and O–H groups in total. The van der Waals surface area contributed by atoms with E-state index in [4.69, 9.17) is 4.74 Å². The molecule has 2 aromatic carbocycles. The van der Waals surface area contributed by atoms with E-state index < -0.39 is 23.4 Å². The van der Waals surface area contributed by atoms with Gasteiger partial charge in [0.1, 0.15) is 5.75 Å². The number of anilines is 2. The summed E-state index contributed by atoms with van der Waals surface area (Å²) in [5.74, 6) is -1.14. The molecule has 0 aliphatic carbocycles. The number of ether oxygens (including phenoxy) is 1. The summed E-state index contributed by atoms with van der Waals surface area (Å²) in [4.78, 5) is 38.4. The molecule has 0 bridgehead atoms. The summed E-state index contributed by atoms with van der Waals surface area (Å²) in [6.45, 7) is -0.458. The van der Waals surface area contributed by atoms with Crippen molar-refractivity contribution in [2.24, 2.45) is 0 Å². The normalized spacial score (nSPS) is 20.1. The number of carbonyl (C=O) groups is 3. The number of amides is 2. The van der Waals surface area contributed by atoms with Crippen molar-refractivity contribution in [1.82, 2.24) is 0 Å². The highest BCUT2D eigenvalue weighted by Crippen LogP contribution is 2.56. The first kappa shape index (κ1) is 17.4. The molecule has 1 atom stereocenters. The third kappa shape index (κ3) is 3.02. The minimum Gasteiger partial charge on any atom is -0.508 e. The molecule has 4 rings (SSSR count). The molecule has 2 amide bonds. The molecule has 7 nitrogen and oxygen atoms in total. The minimum absolute atomic E-state index is 0.0855. The molecule has 138 valence electrons. The Hall–Kier alpha value is -3.00. The van der Waals surface area contributed by atoms with Crippen molar-refractivity contribution in [3.05, 3.63) is 48.5 Å². The van der Waals surface area contributed by atoms with Gasteiger partial charge in [0.15, 0.2) is 11.5 Å². The Morgan fingerprint density at radius 2 is 1.93 bits per heavy atom. The second-order valence-corrected chi connectivity index (χ2v) is 7.57. The highest BCUT2D eigenvalue weighted by molar-refractivity contribution is 8.02. The number of carbonyl (C=O) groups excluding carboxylic acids is 3. The smallest absolute Gasteiger partial charge is 0.344 e. The fraction of sp³-hybridized carbons (Fsp3) is 0.211. The molecule has 27 heavy (non-hydrogen) atoms. The van der Waals surface area contributed by atoms with E-state index in [0.29, 0.717) is 17.8 Å². The lowest BCUT2D eigenvalue weighted by atomic mass is 10.2. The number of phenolic OH excluding ortho intramolecular Hbond substituents is 1. The van der Waals surface area contributed by atoms with Gasteiger partial charge in [-0.3, -0.25) is 14.5 Å². The topological polar surface area (TPSA) is 95.9 Å². The summed E-state index contributed by atoms with van der Waals surface area (Å²) in [6, 6.07) is 13.3. The van der Waals surface area contributed by atoms with Gasteiger partial charge >= 0.3 is 5.97 Å². The molecule has 2 heterocycles. The Balaban J connectivity index is 1.44. The Morgan fingerprint density at radius 1 is 1.19 bits per heavy atom. The second-order valence-electron chi connectivity index (χ2n) is 6.25. The van der Waals surface area contributed by atoms with Crippen LogP contribution < -0.4 is 10.2 Å². The molecule has 0 radical (unpaired) electrons. The van der Waals surface area contributed by atoms with Crippen LogP contribution in [0.4, 0.5) is 11.4 Å². The number of benzene rings is 2. The summed E-state index contributed by atoms with van der Waals surface area (Å²) in [6.07, 6.45) is 0.597. The largest absolute Gasteiger partial charge is 0.508 e. The zero-order chi connectivity index (χ0) is 19.0. The summed E-state index contributed by atoms with van der Waals surface area (Å²) < 4.78 is 5.25. The number of para-hydroxylation sites is 1. The number of phenols is 1. The van der Waals surface area contributed by atoms with Crippen molar-refractivity contribution in [2.75, 3.05) is 16.8 Å². The van der Waals surface area contributed by atoms with Crippen molar-refractivity contribution in [2.45, 2.75) is 22.6 Å². The SMILES string of the molecule is O=C(COC(=O)[C@]12CCC(=O)N1c1ccccc1S2)Nc1ccc(O)cc1. The molecular weight excluding hydrogens is 368 g/mol. The van der Waals surface area contributed by atoms with E-state index in [1.807, 2.05) is 18.2 Å². The second kappa shape index (κ2) is 6.62. The Bertz CT molecular complexity index is 930. The van der Waals surface area contributed by atoms with Crippen molar-refractivity contribution < 1.29 is 24.2 Å². The maximum Gasteiger partial charge on any atom is 0.344 e. The van der Waals surface area contributed by atoms with E-state index in [-0.39, 0.29) is 18.1 Å². The molecule has 8 heteroatoms. The van der Waals surface area contributed by atoms with Crippen LogP contribution in [-0.2, 0) is 19.1 Å². The lowest BCUT2D eigenvalue weighted by Crippen LogP contribution is -2.48. The number of rotatable bonds is 4. The number of hydrogen-bond donors (Lipinski definition) is 2. The summed E-state index contributed by atoms with van der Waals surface area (Å²) in [7, 11) is 0. The zero-order valence-electron chi connectivity index (χ0n) is 14.2. The van der Waals surface area contributed by atoms with Gasteiger partial charge in [-0.25, -0.2) is 4.79 Å². The number of thioether (sulfide) groups is 1. The van der Waals surface area contributed by atoms with Crippen molar-refractivity contribution in [1.29, 1.82) is 0 Å². The molecule has 0 aromatic heterocycles. The van der Waals surface area contributed by atoms with E-state index in [1.165, 1.54) is 40.9 Å². The first-order chi connectivity index (χ1) is 13.0. The molecule has 0 saturated carbocycles. The van der Waals surface area contributed by atoms with Crippen LogP contribution in [0, 0.1) is 0 Å². The van der Waals surface area contributed by atoms with Crippen LogP contribution in [-0.4, -0.2) is 34.4 Å². The van der Waals surface area contributed by atoms with Gasteiger partial charge in [0, 0.05) is 23.4 Å². The first-order valence-electron chi connectivity index (χ1n) is 8.37. The van der Waals surface area contributed by atoms with Gasteiger partial charge in [-0.1, -0.05) is 23.9 Å². The summed E-state index contributed by atoms with van der Waals surface area (Å²) >= 11 is 1.29. The Labute approximate surface area is 159 Å². The van der Waals surface area contributed by atoms with E-state index in [2.05, 4.69) is 5.32 Å². The molecule has 2 aliphatic heterocycles. The lowest BCUT2D eigenvalue weighted by molar-refractivity contribution is -0.149. The van der Waals surface area contributed by atoms with Gasteiger partial charge in [0.25, 0.3) is 5.91 Å². The molecule has 0 spiro atoms. The molecular formula is C19H16N2O5S. The van der Waals surface area contributed by atoms with Gasteiger partial charge in [-0.2, -0.15) is 0 Å². The van der Waals surface area contributed by atoms with Gasteiger partial charge in [-0.15, -0.1) is 0 Å². The number of fused-ring (bicyclic) bond motifs is 3. The van der Waals surface area contributed by atoms with Gasteiger partial charge < -0.3 is 15.2 Å². The monoisotopic (exact) mass is 384 g/mol. The molecule has 2 aromatic rings. The number of nitrogens with zero attached hydrogens (tertiary/aromatic N) is 1. The molecule has 1 fully saturated rings. The number of hydrogen-bond acceptors (Lipinski definition) is 6. The lowest BCUT2D eigenvalue weighted by Gasteiger charge is -2.28. The minimum atomic E-state index is -1.14. The van der Waals surface area contributed by atoms with Gasteiger partial charge in [0.05, 0.1) is 5.69 Å². The Kier molecular flexibility index (Phi) is 4.27. The van der Waals surface area contributed by atoms with E-state index in [1.54, 1.807) is 6.07 Å². The van der Waals surface area contributed by atoms with Crippen LogP contribution in [0.25, 0.3) is 0 Å². The molecule has 0 unspecified atom stereocenters. The van der Waals surface area contributed by atoms with Crippen LogP contribution in [0.5, 0.6) is 5.75 Å².